The van der Waals surface area contributed by atoms with E-state index in [4.69, 9.17) is 9.47 Å². The summed E-state index contributed by atoms with van der Waals surface area (Å²) in [6, 6.07) is 1.75. The normalized spacial score (nSPS) is 16.2. The van der Waals surface area contributed by atoms with Gasteiger partial charge in [-0.3, -0.25) is 9.78 Å². The fourth-order valence-electron chi connectivity index (χ4n) is 2.40. The molecule has 1 aromatic heterocycles. The Morgan fingerprint density at radius 2 is 2.19 bits per heavy atom. The molecule has 0 atom stereocenters. The number of amides is 1. The molecule has 5 nitrogen and oxygen atoms in total. The van der Waals surface area contributed by atoms with Gasteiger partial charge in [0.05, 0.1) is 11.7 Å². The number of hydrogen-bond acceptors (Lipinski definition) is 4. The van der Waals surface area contributed by atoms with E-state index in [1.54, 1.807) is 25.6 Å². The van der Waals surface area contributed by atoms with Crippen molar-refractivity contribution in [3.63, 3.8) is 0 Å². The van der Waals surface area contributed by atoms with E-state index in [0.717, 1.165) is 50.0 Å². The summed E-state index contributed by atoms with van der Waals surface area (Å²) < 4.78 is 11.5. The van der Waals surface area contributed by atoms with Crippen molar-refractivity contribution < 1.29 is 14.3 Å². The summed E-state index contributed by atoms with van der Waals surface area (Å²) in [5.41, 5.74) is 0.671. The molecule has 6 heteroatoms. The largest absolute Gasteiger partial charge is 0.385 e. The van der Waals surface area contributed by atoms with Crippen molar-refractivity contribution in [1.29, 1.82) is 0 Å². The molecule has 1 aliphatic heterocycles. The van der Waals surface area contributed by atoms with E-state index in [0.29, 0.717) is 5.56 Å². The number of nitrogens with zero attached hydrogens (tertiary/aromatic N) is 2. The zero-order chi connectivity index (χ0) is 15.1. The van der Waals surface area contributed by atoms with Gasteiger partial charge in [0, 0.05) is 50.3 Å². The average Bonchev–Trinajstić information content (AvgIpc) is 2.52. The van der Waals surface area contributed by atoms with Crippen molar-refractivity contribution in [2.24, 2.45) is 0 Å². The van der Waals surface area contributed by atoms with Crippen LogP contribution in [0.3, 0.4) is 0 Å². The van der Waals surface area contributed by atoms with Crippen LogP contribution in [0.2, 0.25) is 0 Å². The van der Waals surface area contributed by atoms with Gasteiger partial charge >= 0.3 is 0 Å². The highest BCUT2D eigenvalue weighted by atomic mass is 79.9. The number of piperidine rings is 1. The number of halogens is 1. The summed E-state index contributed by atoms with van der Waals surface area (Å²) in [6.45, 7) is 2.93. The van der Waals surface area contributed by atoms with E-state index in [-0.39, 0.29) is 12.0 Å². The number of rotatable bonds is 6. The Balaban J connectivity index is 1.78. The van der Waals surface area contributed by atoms with Gasteiger partial charge in [-0.1, -0.05) is 0 Å². The third-order valence-electron chi connectivity index (χ3n) is 3.58. The van der Waals surface area contributed by atoms with Gasteiger partial charge < -0.3 is 14.4 Å². The molecule has 2 rings (SSSR count). The summed E-state index contributed by atoms with van der Waals surface area (Å²) in [5, 5.41) is 0. The van der Waals surface area contributed by atoms with Gasteiger partial charge in [0.25, 0.3) is 5.91 Å². The fraction of sp³-hybridized carbons (Fsp3) is 0.600. The van der Waals surface area contributed by atoms with Crippen LogP contribution in [0.1, 0.15) is 29.6 Å². The Labute approximate surface area is 133 Å². The van der Waals surface area contributed by atoms with Gasteiger partial charge in [-0.05, 0) is 41.3 Å². The van der Waals surface area contributed by atoms with Crippen molar-refractivity contribution in [3.05, 3.63) is 28.5 Å². The van der Waals surface area contributed by atoms with Gasteiger partial charge in [-0.15, -0.1) is 0 Å². The van der Waals surface area contributed by atoms with Crippen molar-refractivity contribution in [1.82, 2.24) is 9.88 Å². The third-order valence-corrected chi connectivity index (χ3v) is 4.21. The Bertz CT molecular complexity index is 462. The molecule has 1 fully saturated rings. The van der Waals surface area contributed by atoms with Crippen LogP contribution >= 0.6 is 15.9 Å². The molecule has 116 valence electrons. The van der Waals surface area contributed by atoms with E-state index in [1.807, 2.05) is 4.90 Å². The van der Waals surface area contributed by atoms with Gasteiger partial charge in [0.15, 0.2) is 0 Å². The number of methoxy groups -OCH3 is 1. The van der Waals surface area contributed by atoms with Crippen LogP contribution in [0, 0.1) is 0 Å². The van der Waals surface area contributed by atoms with Gasteiger partial charge in [0.2, 0.25) is 0 Å². The number of carbonyl (C=O) groups is 1. The smallest absolute Gasteiger partial charge is 0.255 e. The lowest BCUT2D eigenvalue weighted by molar-refractivity contribution is 0.00187. The van der Waals surface area contributed by atoms with Crippen LogP contribution in [0.25, 0.3) is 0 Å². The maximum Gasteiger partial charge on any atom is 0.255 e. The lowest BCUT2D eigenvalue weighted by Crippen LogP contribution is -2.41. The average molecular weight is 357 g/mol. The second-order valence-corrected chi connectivity index (χ2v) is 5.92. The highest BCUT2D eigenvalue weighted by Gasteiger charge is 2.24. The fourth-order valence-corrected chi connectivity index (χ4v) is 2.82. The molecule has 0 radical (unpaired) electrons. The van der Waals surface area contributed by atoms with E-state index in [2.05, 4.69) is 20.9 Å². The van der Waals surface area contributed by atoms with Crippen LogP contribution < -0.4 is 0 Å². The molecule has 0 spiro atoms. The molecule has 0 aliphatic carbocycles. The lowest BCUT2D eigenvalue weighted by Gasteiger charge is -2.32. The quantitative estimate of drug-likeness (QED) is 0.734. The zero-order valence-corrected chi connectivity index (χ0v) is 13.8. The van der Waals surface area contributed by atoms with Crippen molar-refractivity contribution >= 4 is 21.8 Å². The first-order valence-electron chi connectivity index (χ1n) is 7.21. The summed E-state index contributed by atoms with van der Waals surface area (Å²) >= 11 is 3.38. The van der Waals surface area contributed by atoms with Crippen molar-refractivity contribution in [3.8, 4) is 0 Å². The Morgan fingerprint density at radius 3 is 2.86 bits per heavy atom. The van der Waals surface area contributed by atoms with Gasteiger partial charge in [-0.2, -0.15) is 0 Å². The summed E-state index contributed by atoms with van der Waals surface area (Å²) in [5.74, 6) is 0.0575. The Kier molecular flexibility index (Phi) is 6.60. The molecule has 21 heavy (non-hydrogen) atoms. The molecule has 1 aromatic rings. The maximum atomic E-state index is 12.4. The second kappa shape index (κ2) is 8.46. The van der Waals surface area contributed by atoms with Crippen LogP contribution in [-0.2, 0) is 9.47 Å². The molecule has 0 unspecified atom stereocenters. The van der Waals surface area contributed by atoms with Crippen LogP contribution in [0.5, 0.6) is 0 Å². The maximum absolute atomic E-state index is 12.4. The van der Waals surface area contributed by atoms with Gasteiger partial charge in [-0.25, -0.2) is 0 Å². The highest BCUT2D eigenvalue weighted by molar-refractivity contribution is 9.10. The number of aromatic nitrogens is 1. The SMILES string of the molecule is COCCCOC1CCN(C(=O)c2ccncc2Br)CC1. The molecule has 0 saturated carbocycles. The Hall–Kier alpha value is -0.980. The third kappa shape index (κ3) is 4.76. The first-order valence-corrected chi connectivity index (χ1v) is 8.01. The molecule has 1 aliphatic rings. The molecule has 2 heterocycles. The Morgan fingerprint density at radius 1 is 1.43 bits per heavy atom. The predicted molar refractivity (Wildman–Crippen MR) is 83.3 cm³/mol. The minimum atomic E-state index is 0.0575. The first-order chi connectivity index (χ1) is 10.2. The summed E-state index contributed by atoms with van der Waals surface area (Å²) in [6.07, 6.45) is 6.25. The summed E-state index contributed by atoms with van der Waals surface area (Å²) in [4.78, 5) is 18.3. The number of carbonyl (C=O) groups excluding carboxylic acids is 1. The van der Waals surface area contributed by atoms with E-state index in [9.17, 15) is 4.79 Å². The lowest BCUT2D eigenvalue weighted by atomic mass is 10.1. The van der Waals surface area contributed by atoms with E-state index < -0.39 is 0 Å². The van der Waals surface area contributed by atoms with Crippen molar-refractivity contribution in [2.45, 2.75) is 25.4 Å². The number of pyridine rings is 1. The first kappa shape index (κ1) is 16.4. The molecule has 0 aromatic carbocycles. The molecule has 0 bridgehead atoms. The van der Waals surface area contributed by atoms with Crippen LogP contribution in [0.4, 0.5) is 0 Å². The highest BCUT2D eigenvalue weighted by Crippen LogP contribution is 2.20. The molecule has 0 N–H and O–H groups in total. The minimum Gasteiger partial charge on any atom is -0.385 e. The topological polar surface area (TPSA) is 51.7 Å². The predicted octanol–water partition coefficient (Wildman–Crippen LogP) is 2.50. The molecule has 1 saturated heterocycles. The molecule has 1 amide bonds. The van der Waals surface area contributed by atoms with Crippen LogP contribution in [-0.4, -0.2) is 55.3 Å². The minimum absolute atomic E-state index is 0.0575. The molecular weight excluding hydrogens is 336 g/mol. The monoisotopic (exact) mass is 356 g/mol. The number of hydrogen-bond donors (Lipinski definition) is 0. The van der Waals surface area contributed by atoms with Gasteiger partial charge in [0.1, 0.15) is 0 Å². The number of ether oxygens (including phenoxy) is 2. The summed E-state index contributed by atoms with van der Waals surface area (Å²) in [7, 11) is 1.70. The number of likely N-dealkylation sites (tertiary alicyclic amines) is 1. The van der Waals surface area contributed by atoms with Crippen LogP contribution in [0.15, 0.2) is 22.9 Å². The molecular formula is C15H21BrN2O3. The second-order valence-electron chi connectivity index (χ2n) is 5.06. The van der Waals surface area contributed by atoms with E-state index in [1.165, 1.54) is 0 Å². The standard InChI is InChI=1S/C15H21BrN2O3/c1-20-9-2-10-21-12-4-7-18(8-5-12)15(19)13-3-6-17-11-14(13)16/h3,6,11-12H,2,4-5,7-10H2,1H3. The van der Waals surface area contributed by atoms with Crippen molar-refractivity contribution in [2.75, 3.05) is 33.4 Å². The van der Waals surface area contributed by atoms with E-state index >= 15 is 0 Å². The zero-order valence-electron chi connectivity index (χ0n) is 12.3.